The van der Waals surface area contributed by atoms with Crippen LogP contribution in [0, 0.1) is 29.1 Å². The summed E-state index contributed by atoms with van der Waals surface area (Å²) >= 11 is 0. The number of ketones is 1. The maximum absolute atomic E-state index is 12.1. The first-order valence-corrected chi connectivity index (χ1v) is 9.45. The molecule has 0 aliphatic heterocycles. The van der Waals surface area contributed by atoms with E-state index in [9.17, 15) is 15.0 Å². The highest BCUT2D eigenvalue weighted by Crippen LogP contribution is 2.57. The molecular weight excluding hydrogens is 288 g/mol. The summed E-state index contributed by atoms with van der Waals surface area (Å²) in [5.41, 5.74) is -0.232. The Kier molecular flexibility index (Phi) is 6.68. The second-order valence-corrected chi connectivity index (χ2v) is 7.38. The summed E-state index contributed by atoms with van der Waals surface area (Å²) in [6.45, 7) is 4.26. The molecule has 3 nitrogen and oxygen atoms in total. The van der Waals surface area contributed by atoms with Gasteiger partial charge in [-0.2, -0.15) is 0 Å². The molecular formula is C20H32O3. The highest BCUT2D eigenvalue weighted by atomic mass is 16.3. The molecule has 0 aromatic rings. The van der Waals surface area contributed by atoms with Crippen LogP contribution in [0.3, 0.4) is 0 Å². The molecule has 2 aliphatic rings. The van der Waals surface area contributed by atoms with Crippen LogP contribution in [0.1, 0.15) is 78.1 Å². The monoisotopic (exact) mass is 320 g/mol. The van der Waals surface area contributed by atoms with E-state index >= 15 is 0 Å². The van der Waals surface area contributed by atoms with Gasteiger partial charge < -0.3 is 10.2 Å². The average Bonchev–Trinajstić information content (AvgIpc) is 2.54. The lowest BCUT2D eigenvalue weighted by Gasteiger charge is -2.54. The van der Waals surface area contributed by atoms with E-state index in [0.29, 0.717) is 25.0 Å². The first kappa shape index (κ1) is 18.5. The van der Waals surface area contributed by atoms with Crippen LogP contribution in [0.5, 0.6) is 0 Å². The predicted molar refractivity (Wildman–Crippen MR) is 91.7 cm³/mol. The van der Waals surface area contributed by atoms with Gasteiger partial charge in [0.2, 0.25) is 0 Å². The summed E-state index contributed by atoms with van der Waals surface area (Å²) in [6.07, 6.45) is 8.37. The van der Waals surface area contributed by atoms with Gasteiger partial charge in [0.15, 0.2) is 0 Å². The number of unbranched alkanes of at least 4 members (excludes halogenated alkanes) is 4. The molecule has 0 aromatic heterocycles. The lowest BCUT2D eigenvalue weighted by atomic mass is 9.48. The van der Waals surface area contributed by atoms with Gasteiger partial charge in [0, 0.05) is 11.8 Å². The molecule has 0 aromatic carbocycles. The lowest BCUT2D eigenvalue weighted by Crippen LogP contribution is -2.58. The fraction of sp³-hybridized carbons (Fsp3) is 0.850. The lowest BCUT2D eigenvalue weighted by molar-refractivity contribution is -0.160. The van der Waals surface area contributed by atoms with Crippen LogP contribution < -0.4 is 0 Å². The summed E-state index contributed by atoms with van der Waals surface area (Å²) in [5, 5.41) is 20.3. The van der Waals surface area contributed by atoms with Gasteiger partial charge in [-0.25, -0.2) is 0 Å². The Morgan fingerprint density at radius 3 is 2.65 bits per heavy atom. The first-order valence-electron chi connectivity index (χ1n) is 9.45. The number of aliphatic hydroxyl groups excluding tert-OH is 2. The molecule has 130 valence electrons. The van der Waals surface area contributed by atoms with Crippen molar-refractivity contribution in [1.29, 1.82) is 0 Å². The Morgan fingerprint density at radius 1 is 1.26 bits per heavy atom. The fourth-order valence-corrected chi connectivity index (χ4v) is 4.36. The summed E-state index contributed by atoms with van der Waals surface area (Å²) < 4.78 is 0. The van der Waals surface area contributed by atoms with Crippen molar-refractivity contribution in [3.8, 4) is 11.8 Å². The number of hydrogen-bond donors (Lipinski definition) is 2. The molecule has 2 saturated carbocycles. The summed E-state index contributed by atoms with van der Waals surface area (Å²) in [6, 6.07) is 0. The maximum atomic E-state index is 12.1. The van der Waals surface area contributed by atoms with Gasteiger partial charge in [-0.05, 0) is 38.0 Å². The van der Waals surface area contributed by atoms with Crippen molar-refractivity contribution in [3.63, 3.8) is 0 Å². The number of fused-ring (bicyclic) bond motifs is 1. The van der Waals surface area contributed by atoms with Crippen LogP contribution in [-0.4, -0.2) is 28.2 Å². The quantitative estimate of drug-likeness (QED) is 0.558. The molecule has 2 aliphatic carbocycles. The molecule has 2 N–H and O–H groups in total. The number of carbonyl (C=O) groups excluding carboxylic acids is 1. The molecule has 2 fully saturated rings. The van der Waals surface area contributed by atoms with Crippen LogP contribution in [0.25, 0.3) is 0 Å². The number of hydrogen-bond acceptors (Lipinski definition) is 3. The maximum Gasteiger partial charge on any atom is 0.139 e. The largest absolute Gasteiger partial charge is 0.392 e. The van der Waals surface area contributed by atoms with E-state index in [1.807, 2.05) is 0 Å². The fourth-order valence-electron chi connectivity index (χ4n) is 4.36. The minimum absolute atomic E-state index is 0.142. The van der Waals surface area contributed by atoms with E-state index in [1.165, 1.54) is 19.3 Å². The first-order chi connectivity index (χ1) is 11.0. The summed E-state index contributed by atoms with van der Waals surface area (Å²) in [7, 11) is 0. The highest BCUT2D eigenvalue weighted by molar-refractivity contribution is 5.91. The smallest absolute Gasteiger partial charge is 0.139 e. The van der Waals surface area contributed by atoms with Crippen molar-refractivity contribution in [1.82, 2.24) is 0 Å². The third-order valence-electron chi connectivity index (χ3n) is 6.03. The van der Waals surface area contributed by atoms with Crippen molar-refractivity contribution in [2.24, 2.45) is 17.3 Å². The van der Waals surface area contributed by atoms with Gasteiger partial charge >= 0.3 is 0 Å². The van der Waals surface area contributed by atoms with E-state index in [4.69, 9.17) is 0 Å². The Hall–Kier alpha value is -0.850. The molecule has 2 rings (SSSR count). The van der Waals surface area contributed by atoms with E-state index in [2.05, 4.69) is 25.7 Å². The van der Waals surface area contributed by atoms with Crippen molar-refractivity contribution in [2.75, 3.05) is 0 Å². The van der Waals surface area contributed by atoms with Crippen molar-refractivity contribution in [3.05, 3.63) is 0 Å². The molecule has 23 heavy (non-hydrogen) atoms. The van der Waals surface area contributed by atoms with Crippen LogP contribution in [0.4, 0.5) is 0 Å². The van der Waals surface area contributed by atoms with Crippen molar-refractivity contribution < 1.29 is 15.0 Å². The van der Waals surface area contributed by atoms with Gasteiger partial charge in [-0.15, -0.1) is 0 Å². The number of carbonyl (C=O) groups is 1. The van der Waals surface area contributed by atoms with Crippen LogP contribution >= 0.6 is 0 Å². The zero-order valence-electron chi connectivity index (χ0n) is 14.7. The third kappa shape index (κ3) is 3.98. The molecule has 0 unspecified atom stereocenters. The Bertz CT molecular complexity index is 461. The third-order valence-corrected chi connectivity index (χ3v) is 6.03. The summed E-state index contributed by atoms with van der Waals surface area (Å²) in [4.78, 5) is 12.1. The highest BCUT2D eigenvalue weighted by Gasteiger charge is 2.59. The van der Waals surface area contributed by atoms with E-state index < -0.39 is 12.2 Å². The molecule has 0 amide bonds. The standard InChI is InChI=1S/C20H32O3/c1-3-5-6-7-8-9-15(21)10-11-16-17-14-19(23)20(17,4-2)13-12-18(16)22/h15-18,21-22H,3-9,12-14H2,1-2H3/t15-,16-,17-,18-,20+/m0/s1. The van der Waals surface area contributed by atoms with Crippen molar-refractivity contribution in [2.45, 2.75) is 90.3 Å². The Balaban J connectivity index is 1.87. The molecule has 0 bridgehead atoms. The van der Waals surface area contributed by atoms with Crippen LogP contribution in [0.15, 0.2) is 0 Å². The van der Waals surface area contributed by atoms with Crippen LogP contribution in [-0.2, 0) is 4.79 Å². The van der Waals surface area contributed by atoms with Crippen LogP contribution in [0.2, 0.25) is 0 Å². The second-order valence-electron chi connectivity index (χ2n) is 7.38. The normalized spacial score (nSPS) is 34.1. The predicted octanol–water partition coefficient (Wildman–Crippen LogP) is 3.47. The molecule has 0 spiro atoms. The molecule has 0 radical (unpaired) electrons. The zero-order valence-corrected chi connectivity index (χ0v) is 14.7. The molecule has 0 heterocycles. The molecule has 5 atom stereocenters. The van der Waals surface area contributed by atoms with E-state index in [-0.39, 0.29) is 17.3 Å². The van der Waals surface area contributed by atoms with Crippen molar-refractivity contribution >= 4 is 5.78 Å². The molecule has 3 heteroatoms. The van der Waals surface area contributed by atoms with Gasteiger partial charge in [0.25, 0.3) is 0 Å². The van der Waals surface area contributed by atoms with Gasteiger partial charge in [-0.1, -0.05) is 51.4 Å². The zero-order chi connectivity index (χ0) is 16.9. The number of rotatable bonds is 7. The molecule has 0 saturated heterocycles. The van der Waals surface area contributed by atoms with Gasteiger partial charge in [0.05, 0.1) is 12.0 Å². The average molecular weight is 320 g/mol. The van der Waals surface area contributed by atoms with Gasteiger partial charge in [0.1, 0.15) is 11.9 Å². The Labute approximate surface area is 140 Å². The topological polar surface area (TPSA) is 57.5 Å². The SMILES string of the molecule is CCCCCCC[C@H](O)C#C[C@@H]1[C@@H](O)CC[C@@]2(CC)C(=O)C[C@@H]12. The van der Waals surface area contributed by atoms with E-state index in [0.717, 1.165) is 25.7 Å². The van der Waals surface area contributed by atoms with Gasteiger partial charge in [-0.3, -0.25) is 4.79 Å². The second kappa shape index (κ2) is 8.31. The minimum atomic E-state index is -0.599. The number of Topliss-reactive ketones (excluding diaryl/α,β-unsaturated/α-hetero) is 1. The summed E-state index contributed by atoms with van der Waals surface area (Å²) in [5.74, 6) is 6.47. The van der Waals surface area contributed by atoms with E-state index in [1.54, 1.807) is 0 Å². The minimum Gasteiger partial charge on any atom is -0.392 e. The number of aliphatic hydroxyl groups is 2. The Morgan fingerprint density at radius 2 is 2.00 bits per heavy atom.